The number of anilines is 2. The van der Waals surface area contributed by atoms with Gasteiger partial charge in [-0.25, -0.2) is 0 Å². The van der Waals surface area contributed by atoms with Gasteiger partial charge < -0.3 is 15.1 Å². The minimum absolute atomic E-state index is 0.0394. The quantitative estimate of drug-likeness (QED) is 0.790. The Morgan fingerprint density at radius 1 is 1.17 bits per heavy atom. The molecule has 3 amide bonds. The molecular formula is C24H29N3O3. The summed E-state index contributed by atoms with van der Waals surface area (Å²) < 4.78 is 0. The largest absolute Gasteiger partial charge is 0.345 e. The molecule has 0 bridgehead atoms. The number of carbonyl (C=O) groups is 3. The second kappa shape index (κ2) is 9.11. The number of hydrogen-bond acceptors (Lipinski definition) is 3. The fraction of sp³-hybridized carbons (Fsp3) is 0.375. The molecule has 0 spiro atoms. The Balaban J connectivity index is 1.74. The second-order valence-corrected chi connectivity index (χ2v) is 8.04. The second-order valence-electron chi connectivity index (χ2n) is 8.04. The van der Waals surface area contributed by atoms with E-state index in [9.17, 15) is 14.4 Å². The van der Waals surface area contributed by atoms with Crippen molar-refractivity contribution in [2.75, 3.05) is 30.9 Å². The first-order valence-corrected chi connectivity index (χ1v) is 10.3. The third-order valence-corrected chi connectivity index (χ3v) is 5.65. The van der Waals surface area contributed by atoms with Crippen molar-refractivity contribution in [3.8, 4) is 0 Å². The molecule has 2 aromatic carbocycles. The standard InChI is InChI=1S/C24H29N3O3/c1-5-16(2)20-11-6-7-12-21(20)27-15-18(14-22(27)28)23(29)25-19-10-8-9-17(13-19)24(30)26(3)4/h6-13,16,18H,5,14-15H2,1-4H3,(H,25,29). The van der Waals surface area contributed by atoms with Gasteiger partial charge in [-0.1, -0.05) is 38.1 Å². The molecule has 0 radical (unpaired) electrons. The lowest BCUT2D eigenvalue weighted by molar-refractivity contribution is -0.122. The van der Waals surface area contributed by atoms with Gasteiger partial charge in [-0.3, -0.25) is 14.4 Å². The van der Waals surface area contributed by atoms with Crippen molar-refractivity contribution in [1.82, 2.24) is 4.90 Å². The lowest BCUT2D eigenvalue weighted by atomic mass is 9.96. The molecule has 1 heterocycles. The van der Waals surface area contributed by atoms with E-state index in [1.807, 2.05) is 18.2 Å². The van der Waals surface area contributed by atoms with Crippen LogP contribution in [0.1, 0.15) is 48.5 Å². The van der Waals surface area contributed by atoms with Gasteiger partial charge in [0.15, 0.2) is 0 Å². The van der Waals surface area contributed by atoms with Crippen LogP contribution in [0, 0.1) is 5.92 Å². The maximum atomic E-state index is 12.8. The maximum Gasteiger partial charge on any atom is 0.253 e. The fourth-order valence-electron chi connectivity index (χ4n) is 3.72. The summed E-state index contributed by atoms with van der Waals surface area (Å²) in [6.45, 7) is 4.62. The van der Waals surface area contributed by atoms with Crippen LogP contribution in [0.15, 0.2) is 48.5 Å². The van der Waals surface area contributed by atoms with Crippen LogP contribution in [-0.2, 0) is 9.59 Å². The highest BCUT2D eigenvalue weighted by Crippen LogP contribution is 2.33. The highest BCUT2D eigenvalue weighted by atomic mass is 16.2. The minimum atomic E-state index is -0.435. The first-order chi connectivity index (χ1) is 14.3. The van der Waals surface area contributed by atoms with Crippen molar-refractivity contribution in [3.05, 3.63) is 59.7 Å². The average molecular weight is 408 g/mol. The zero-order chi connectivity index (χ0) is 21.8. The highest BCUT2D eigenvalue weighted by molar-refractivity contribution is 6.04. The van der Waals surface area contributed by atoms with E-state index in [1.165, 1.54) is 4.90 Å². The first-order valence-electron chi connectivity index (χ1n) is 10.3. The molecule has 2 unspecified atom stereocenters. The van der Waals surface area contributed by atoms with Gasteiger partial charge in [-0.15, -0.1) is 0 Å². The molecule has 0 aliphatic carbocycles. The van der Waals surface area contributed by atoms with Crippen LogP contribution < -0.4 is 10.2 Å². The van der Waals surface area contributed by atoms with Crippen LogP contribution in [0.4, 0.5) is 11.4 Å². The molecule has 3 rings (SSSR count). The van der Waals surface area contributed by atoms with Gasteiger partial charge in [0.05, 0.1) is 5.92 Å². The first kappa shape index (κ1) is 21.6. The number of nitrogens with one attached hydrogen (secondary N) is 1. The van der Waals surface area contributed by atoms with E-state index >= 15 is 0 Å². The zero-order valence-electron chi connectivity index (χ0n) is 18.0. The monoisotopic (exact) mass is 407 g/mol. The molecule has 6 heteroatoms. The summed E-state index contributed by atoms with van der Waals surface area (Å²) in [6.07, 6.45) is 1.15. The highest BCUT2D eigenvalue weighted by Gasteiger charge is 2.36. The van der Waals surface area contributed by atoms with Crippen LogP contribution in [0.2, 0.25) is 0 Å². The number of rotatable bonds is 6. The number of nitrogens with zero attached hydrogens (tertiary/aromatic N) is 2. The number of benzene rings is 2. The minimum Gasteiger partial charge on any atom is -0.345 e. The summed E-state index contributed by atoms with van der Waals surface area (Å²) in [5.41, 5.74) is 3.08. The predicted octanol–water partition coefficient (Wildman–Crippen LogP) is 3.89. The van der Waals surface area contributed by atoms with Crippen molar-refractivity contribution in [3.63, 3.8) is 0 Å². The summed E-state index contributed by atoms with van der Waals surface area (Å²) >= 11 is 0. The maximum absolute atomic E-state index is 12.8. The normalized spacial score (nSPS) is 17.0. The van der Waals surface area contributed by atoms with Crippen molar-refractivity contribution < 1.29 is 14.4 Å². The molecule has 158 valence electrons. The Kier molecular flexibility index (Phi) is 6.55. The molecule has 0 aromatic heterocycles. The van der Waals surface area contributed by atoms with E-state index in [1.54, 1.807) is 43.3 Å². The topological polar surface area (TPSA) is 69.7 Å². The summed E-state index contributed by atoms with van der Waals surface area (Å²) in [6, 6.07) is 14.8. The molecule has 1 saturated heterocycles. The number of hydrogen-bond donors (Lipinski definition) is 1. The van der Waals surface area contributed by atoms with E-state index < -0.39 is 5.92 Å². The number of amides is 3. The third kappa shape index (κ3) is 4.53. The Labute approximate surface area is 177 Å². The zero-order valence-corrected chi connectivity index (χ0v) is 18.0. The third-order valence-electron chi connectivity index (χ3n) is 5.65. The molecule has 1 fully saturated rings. The molecular weight excluding hydrogens is 378 g/mol. The Bertz CT molecular complexity index is 954. The summed E-state index contributed by atoms with van der Waals surface area (Å²) in [5.74, 6) is -0.478. The van der Waals surface area contributed by atoms with Gasteiger partial charge in [-0.05, 0) is 42.2 Å². The van der Waals surface area contributed by atoms with Crippen LogP contribution in [0.25, 0.3) is 0 Å². The van der Waals surface area contributed by atoms with Crippen LogP contribution in [0.5, 0.6) is 0 Å². The van der Waals surface area contributed by atoms with Gasteiger partial charge >= 0.3 is 0 Å². The van der Waals surface area contributed by atoms with Crippen molar-refractivity contribution in [2.45, 2.75) is 32.6 Å². The summed E-state index contributed by atoms with van der Waals surface area (Å²) in [5, 5.41) is 2.87. The van der Waals surface area contributed by atoms with E-state index in [0.717, 1.165) is 17.7 Å². The Hall–Kier alpha value is -3.15. The van der Waals surface area contributed by atoms with E-state index in [-0.39, 0.29) is 24.1 Å². The van der Waals surface area contributed by atoms with Crippen molar-refractivity contribution in [1.29, 1.82) is 0 Å². The predicted molar refractivity (Wildman–Crippen MR) is 119 cm³/mol. The Morgan fingerprint density at radius 3 is 2.60 bits per heavy atom. The van der Waals surface area contributed by atoms with E-state index in [2.05, 4.69) is 25.2 Å². The summed E-state index contributed by atoms with van der Waals surface area (Å²) in [4.78, 5) is 40.9. The molecule has 0 saturated carbocycles. The van der Waals surface area contributed by atoms with Gasteiger partial charge in [0.1, 0.15) is 0 Å². The SMILES string of the molecule is CCC(C)c1ccccc1N1CC(C(=O)Nc2cccc(C(=O)N(C)C)c2)CC1=O. The lowest BCUT2D eigenvalue weighted by Gasteiger charge is -2.23. The van der Waals surface area contributed by atoms with Crippen LogP contribution >= 0.6 is 0 Å². The van der Waals surface area contributed by atoms with Crippen molar-refractivity contribution in [2.24, 2.45) is 5.92 Å². The van der Waals surface area contributed by atoms with E-state index in [4.69, 9.17) is 0 Å². The van der Waals surface area contributed by atoms with Crippen LogP contribution in [0.3, 0.4) is 0 Å². The molecule has 6 nitrogen and oxygen atoms in total. The fourth-order valence-corrected chi connectivity index (χ4v) is 3.72. The van der Waals surface area contributed by atoms with Crippen LogP contribution in [-0.4, -0.2) is 43.3 Å². The molecule has 2 aromatic rings. The van der Waals surface area contributed by atoms with E-state index in [0.29, 0.717) is 23.7 Å². The summed E-state index contributed by atoms with van der Waals surface area (Å²) in [7, 11) is 3.37. The molecule has 1 aliphatic heterocycles. The van der Waals surface area contributed by atoms with Gasteiger partial charge in [-0.2, -0.15) is 0 Å². The number of carbonyl (C=O) groups excluding carboxylic acids is 3. The lowest BCUT2D eigenvalue weighted by Crippen LogP contribution is -2.29. The van der Waals surface area contributed by atoms with Gasteiger partial charge in [0.25, 0.3) is 5.91 Å². The molecule has 30 heavy (non-hydrogen) atoms. The number of para-hydroxylation sites is 1. The molecule has 1 aliphatic rings. The smallest absolute Gasteiger partial charge is 0.253 e. The Morgan fingerprint density at radius 2 is 1.90 bits per heavy atom. The molecule has 1 N–H and O–H groups in total. The molecule has 2 atom stereocenters. The average Bonchev–Trinajstić information content (AvgIpc) is 3.14. The van der Waals surface area contributed by atoms with Gasteiger partial charge in [0, 0.05) is 44.0 Å². The van der Waals surface area contributed by atoms with Crippen molar-refractivity contribution >= 4 is 29.1 Å². The van der Waals surface area contributed by atoms with Gasteiger partial charge in [0.2, 0.25) is 11.8 Å².